The molecular weight excluding hydrogens is 207 g/mol. The van der Waals surface area contributed by atoms with E-state index < -0.39 is 11.7 Å². The molecule has 0 bridgehead atoms. The minimum atomic E-state index is -4.31. The van der Waals surface area contributed by atoms with Crippen molar-refractivity contribution in [2.45, 2.75) is 19.6 Å². The molecule has 0 atom stereocenters. The van der Waals surface area contributed by atoms with Gasteiger partial charge in [-0.1, -0.05) is 18.2 Å². The minimum absolute atomic E-state index is 0.0452. The molecule has 0 saturated carbocycles. The maximum absolute atomic E-state index is 12.5. The van der Waals surface area contributed by atoms with E-state index in [1.54, 1.807) is 13.0 Å². The van der Waals surface area contributed by atoms with Crippen molar-refractivity contribution in [3.63, 3.8) is 0 Å². The Kier molecular flexibility index (Phi) is 4.11. The summed E-state index contributed by atoms with van der Waals surface area (Å²) in [6.45, 7) is 2.21. The molecule has 0 spiro atoms. The number of benzene rings is 1. The molecule has 5 heteroatoms. The number of alkyl halides is 3. The van der Waals surface area contributed by atoms with Crippen LogP contribution in [0.2, 0.25) is 0 Å². The third-order valence-corrected chi connectivity index (χ3v) is 1.83. The highest BCUT2D eigenvalue weighted by Crippen LogP contribution is 2.31. The van der Waals surface area contributed by atoms with Crippen LogP contribution in [-0.4, -0.2) is 6.61 Å². The van der Waals surface area contributed by atoms with Gasteiger partial charge in [0.2, 0.25) is 0 Å². The van der Waals surface area contributed by atoms with Crippen LogP contribution in [0.1, 0.15) is 18.1 Å². The number of nitrogens with one attached hydrogen (secondary N) is 1. The lowest BCUT2D eigenvalue weighted by atomic mass is 10.1. The summed E-state index contributed by atoms with van der Waals surface area (Å²) in [5.41, 5.74) is 2.02. The maximum atomic E-state index is 12.5. The highest BCUT2D eigenvalue weighted by Gasteiger charge is 2.32. The second-order valence-electron chi connectivity index (χ2n) is 2.91. The summed E-state index contributed by atoms with van der Waals surface area (Å²) in [4.78, 5) is 4.79. The Hall–Kier alpha value is -1.07. The standard InChI is InChI=1S/C10H12F3NO/c1-2-15-14-7-8-5-3-4-6-9(8)10(11,12)13/h3-6,14H,2,7H2,1H3. The average molecular weight is 219 g/mol. The summed E-state index contributed by atoms with van der Waals surface area (Å²) >= 11 is 0. The molecule has 84 valence electrons. The van der Waals surface area contributed by atoms with E-state index >= 15 is 0 Å². The van der Waals surface area contributed by atoms with Gasteiger partial charge in [0.05, 0.1) is 12.2 Å². The van der Waals surface area contributed by atoms with Gasteiger partial charge in [-0.15, -0.1) is 0 Å². The van der Waals surface area contributed by atoms with Crippen LogP contribution < -0.4 is 5.48 Å². The third-order valence-electron chi connectivity index (χ3n) is 1.83. The van der Waals surface area contributed by atoms with E-state index in [-0.39, 0.29) is 12.1 Å². The summed E-state index contributed by atoms with van der Waals surface area (Å²) < 4.78 is 37.5. The number of rotatable bonds is 4. The lowest BCUT2D eigenvalue weighted by Gasteiger charge is -2.12. The Bertz CT molecular complexity index is 312. The van der Waals surface area contributed by atoms with Crippen LogP contribution in [0, 0.1) is 0 Å². The first-order valence-corrected chi connectivity index (χ1v) is 4.55. The zero-order valence-corrected chi connectivity index (χ0v) is 8.27. The molecule has 0 aromatic heterocycles. The third kappa shape index (κ3) is 3.53. The molecule has 0 saturated heterocycles. The zero-order chi connectivity index (χ0) is 11.3. The van der Waals surface area contributed by atoms with Gasteiger partial charge < -0.3 is 4.84 Å². The van der Waals surface area contributed by atoms with E-state index in [0.717, 1.165) is 6.07 Å². The van der Waals surface area contributed by atoms with E-state index in [0.29, 0.717) is 6.61 Å². The van der Waals surface area contributed by atoms with Crippen molar-refractivity contribution in [3.8, 4) is 0 Å². The molecule has 0 aliphatic carbocycles. The number of hydrogen-bond donors (Lipinski definition) is 1. The van der Waals surface area contributed by atoms with E-state index in [2.05, 4.69) is 5.48 Å². The summed E-state index contributed by atoms with van der Waals surface area (Å²) in [7, 11) is 0. The normalized spacial score (nSPS) is 11.7. The van der Waals surface area contributed by atoms with Crippen molar-refractivity contribution >= 4 is 0 Å². The van der Waals surface area contributed by atoms with Crippen LogP contribution in [0.25, 0.3) is 0 Å². The molecule has 2 nitrogen and oxygen atoms in total. The Labute approximate surface area is 86.0 Å². The largest absolute Gasteiger partial charge is 0.416 e. The molecule has 0 fully saturated rings. The number of halogens is 3. The molecule has 1 aromatic carbocycles. The van der Waals surface area contributed by atoms with Crippen molar-refractivity contribution in [1.82, 2.24) is 5.48 Å². The van der Waals surface area contributed by atoms with Gasteiger partial charge in [-0.3, -0.25) is 0 Å². The molecule has 1 rings (SSSR count). The fourth-order valence-corrected chi connectivity index (χ4v) is 1.18. The fraction of sp³-hybridized carbons (Fsp3) is 0.400. The van der Waals surface area contributed by atoms with E-state index in [1.807, 2.05) is 0 Å². The van der Waals surface area contributed by atoms with Crippen LogP contribution in [0.5, 0.6) is 0 Å². The number of hydrogen-bond acceptors (Lipinski definition) is 2. The molecule has 0 unspecified atom stereocenters. The van der Waals surface area contributed by atoms with Crippen molar-refractivity contribution in [2.24, 2.45) is 0 Å². The van der Waals surface area contributed by atoms with Crippen LogP contribution in [-0.2, 0) is 17.6 Å². The van der Waals surface area contributed by atoms with E-state index in [4.69, 9.17) is 4.84 Å². The SMILES string of the molecule is CCONCc1ccccc1C(F)(F)F. The lowest BCUT2D eigenvalue weighted by Crippen LogP contribution is -2.17. The second kappa shape index (κ2) is 5.14. The van der Waals surface area contributed by atoms with Crippen LogP contribution in [0.3, 0.4) is 0 Å². The van der Waals surface area contributed by atoms with E-state index in [1.165, 1.54) is 12.1 Å². The highest BCUT2D eigenvalue weighted by molar-refractivity contribution is 5.29. The molecule has 1 N–H and O–H groups in total. The maximum Gasteiger partial charge on any atom is 0.416 e. The molecule has 0 amide bonds. The summed E-state index contributed by atoms with van der Waals surface area (Å²) in [5, 5.41) is 0. The topological polar surface area (TPSA) is 21.3 Å². The van der Waals surface area contributed by atoms with Gasteiger partial charge in [0, 0.05) is 6.54 Å². The molecule has 0 aliphatic rings. The van der Waals surface area contributed by atoms with Crippen LogP contribution in [0.15, 0.2) is 24.3 Å². The Morgan fingerprint density at radius 1 is 1.27 bits per heavy atom. The molecule has 0 radical (unpaired) electrons. The summed E-state index contributed by atoms with van der Waals surface area (Å²) in [6.07, 6.45) is -4.31. The first kappa shape index (κ1) is 12.0. The van der Waals surface area contributed by atoms with Crippen molar-refractivity contribution in [1.29, 1.82) is 0 Å². The zero-order valence-electron chi connectivity index (χ0n) is 8.27. The molecular formula is C10H12F3NO. The average Bonchev–Trinajstić information content (AvgIpc) is 2.17. The summed E-state index contributed by atoms with van der Waals surface area (Å²) in [6, 6.07) is 5.42. The van der Waals surface area contributed by atoms with Gasteiger partial charge >= 0.3 is 6.18 Å². The van der Waals surface area contributed by atoms with Crippen LogP contribution >= 0.6 is 0 Å². The monoisotopic (exact) mass is 219 g/mol. The molecule has 0 heterocycles. The first-order chi connectivity index (χ1) is 7.05. The van der Waals surface area contributed by atoms with Crippen molar-refractivity contribution < 1.29 is 18.0 Å². The lowest BCUT2D eigenvalue weighted by molar-refractivity contribution is -0.138. The Morgan fingerprint density at radius 3 is 2.53 bits per heavy atom. The fourth-order valence-electron chi connectivity index (χ4n) is 1.18. The van der Waals surface area contributed by atoms with Gasteiger partial charge in [0.1, 0.15) is 0 Å². The van der Waals surface area contributed by atoms with E-state index in [9.17, 15) is 13.2 Å². The molecule has 15 heavy (non-hydrogen) atoms. The second-order valence-corrected chi connectivity index (χ2v) is 2.91. The summed E-state index contributed by atoms with van der Waals surface area (Å²) in [5.74, 6) is 0. The quantitative estimate of drug-likeness (QED) is 0.621. The van der Waals surface area contributed by atoms with Gasteiger partial charge in [0.25, 0.3) is 0 Å². The first-order valence-electron chi connectivity index (χ1n) is 4.55. The highest BCUT2D eigenvalue weighted by atomic mass is 19.4. The minimum Gasteiger partial charge on any atom is -0.302 e. The van der Waals surface area contributed by atoms with Crippen molar-refractivity contribution in [2.75, 3.05) is 6.61 Å². The predicted octanol–water partition coefficient (Wildman–Crippen LogP) is 2.75. The van der Waals surface area contributed by atoms with Crippen molar-refractivity contribution in [3.05, 3.63) is 35.4 Å². The van der Waals surface area contributed by atoms with Gasteiger partial charge in [-0.05, 0) is 18.6 Å². The van der Waals surface area contributed by atoms with Gasteiger partial charge in [0.15, 0.2) is 0 Å². The smallest absolute Gasteiger partial charge is 0.302 e. The van der Waals surface area contributed by atoms with Gasteiger partial charge in [-0.2, -0.15) is 18.7 Å². The number of hydroxylamine groups is 1. The molecule has 1 aromatic rings. The molecule has 0 aliphatic heterocycles. The van der Waals surface area contributed by atoms with Crippen LogP contribution in [0.4, 0.5) is 13.2 Å². The van der Waals surface area contributed by atoms with Gasteiger partial charge in [-0.25, -0.2) is 0 Å². The Morgan fingerprint density at radius 2 is 1.93 bits per heavy atom. The Balaban J connectivity index is 2.78. The predicted molar refractivity (Wildman–Crippen MR) is 49.9 cm³/mol.